The van der Waals surface area contributed by atoms with Crippen molar-refractivity contribution >= 4 is 43.5 Å². The van der Waals surface area contributed by atoms with Gasteiger partial charge in [-0.1, -0.05) is 11.6 Å². The molecule has 1 fully saturated rings. The van der Waals surface area contributed by atoms with E-state index in [2.05, 4.69) is 21.2 Å². The van der Waals surface area contributed by atoms with Gasteiger partial charge in [0.2, 0.25) is 10.0 Å². The summed E-state index contributed by atoms with van der Waals surface area (Å²) in [6, 6.07) is 2.51. The van der Waals surface area contributed by atoms with Crippen molar-refractivity contribution in [3.63, 3.8) is 0 Å². The number of benzene rings is 1. The molecule has 0 spiro atoms. The molecule has 0 bridgehead atoms. The normalized spacial score (nSPS) is 16.8. The van der Waals surface area contributed by atoms with Crippen LogP contribution in [-0.2, 0) is 10.0 Å². The standard InChI is InChI=1S/C12H14BrClN2O3S/c1-6(7-2-3-7)16-12(17)9-4-8(20(15,18)19)5-10(13)11(9)14/h4-7H,2-3H2,1H3,(H,16,17)(H2,15,18,19). The average Bonchev–Trinajstić information content (AvgIpc) is 3.14. The van der Waals surface area contributed by atoms with E-state index in [0.717, 1.165) is 12.8 Å². The van der Waals surface area contributed by atoms with Crippen molar-refractivity contribution in [1.82, 2.24) is 5.32 Å². The van der Waals surface area contributed by atoms with E-state index in [1.807, 2.05) is 6.92 Å². The molecule has 0 saturated heterocycles. The summed E-state index contributed by atoms with van der Waals surface area (Å²) in [4.78, 5) is 12.0. The topological polar surface area (TPSA) is 89.3 Å². The van der Waals surface area contributed by atoms with Crippen LogP contribution in [0.3, 0.4) is 0 Å². The smallest absolute Gasteiger partial charge is 0.253 e. The molecule has 1 aliphatic rings. The lowest BCUT2D eigenvalue weighted by atomic mass is 10.1. The Kier molecular flexibility index (Phi) is 4.44. The molecule has 1 amide bonds. The van der Waals surface area contributed by atoms with Crippen LogP contribution in [0, 0.1) is 5.92 Å². The van der Waals surface area contributed by atoms with Crippen LogP contribution in [0.5, 0.6) is 0 Å². The molecule has 3 N–H and O–H groups in total. The number of nitrogens with two attached hydrogens (primary N) is 1. The largest absolute Gasteiger partial charge is 0.349 e. The second-order valence-electron chi connectivity index (χ2n) is 4.91. The van der Waals surface area contributed by atoms with Gasteiger partial charge in [-0.2, -0.15) is 0 Å². The molecule has 2 rings (SSSR count). The number of amides is 1. The zero-order valence-electron chi connectivity index (χ0n) is 10.7. The lowest BCUT2D eigenvalue weighted by Gasteiger charge is -2.14. The monoisotopic (exact) mass is 380 g/mol. The van der Waals surface area contributed by atoms with Gasteiger partial charge in [0, 0.05) is 10.5 Å². The van der Waals surface area contributed by atoms with Crippen LogP contribution in [0.25, 0.3) is 0 Å². The maximum Gasteiger partial charge on any atom is 0.253 e. The molecular weight excluding hydrogens is 368 g/mol. The van der Waals surface area contributed by atoms with Gasteiger partial charge in [0.15, 0.2) is 0 Å². The number of halogens is 2. The number of hydrogen-bond acceptors (Lipinski definition) is 3. The van der Waals surface area contributed by atoms with Crippen LogP contribution < -0.4 is 10.5 Å². The Morgan fingerprint density at radius 1 is 1.50 bits per heavy atom. The Morgan fingerprint density at radius 3 is 2.60 bits per heavy atom. The molecule has 1 aliphatic carbocycles. The van der Waals surface area contributed by atoms with Crippen LogP contribution >= 0.6 is 27.5 Å². The predicted molar refractivity (Wildman–Crippen MR) is 80.2 cm³/mol. The summed E-state index contributed by atoms with van der Waals surface area (Å²) in [5, 5.41) is 8.07. The summed E-state index contributed by atoms with van der Waals surface area (Å²) >= 11 is 9.18. The third kappa shape index (κ3) is 3.52. The fourth-order valence-corrected chi connectivity index (χ4v) is 3.26. The first-order chi connectivity index (χ1) is 9.20. The third-order valence-corrected chi connectivity index (χ3v) is 5.42. The fourth-order valence-electron chi connectivity index (χ4n) is 1.89. The van der Waals surface area contributed by atoms with Gasteiger partial charge < -0.3 is 5.32 Å². The summed E-state index contributed by atoms with van der Waals surface area (Å²) in [5.41, 5.74) is 0.0950. The molecule has 1 saturated carbocycles. The molecule has 1 aromatic rings. The van der Waals surface area contributed by atoms with Gasteiger partial charge in [-0.05, 0) is 53.7 Å². The maximum absolute atomic E-state index is 12.2. The molecular formula is C12H14BrClN2O3S. The van der Waals surface area contributed by atoms with E-state index in [0.29, 0.717) is 10.4 Å². The Hall–Kier alpha value is -0.630. The molecule has 0 aliphatic heterocycles. The van der Waals surface area contributed by atoms with Crippen LogP contribution in [0.15, 0.2) is 21.5 Å². The summed E-state index contributed by atoms with van der Waals surface area (Å²) < 4.78 is 23.1. The fraction of sp³-hybridized carbons (Fsp3) is 0.417. The number of primary sulfonamides is 1. The summed E-state index contributed by atoms with van der Waals surface area (Å²) in [7, 11) is -3.90. The molecule has 5 nitrogen and oxygen atoms in total. The molecule has 0 aromatic heterocycles. The van der Waals surface area contributed by atoms with E-state index in [1.165, 1.54) is 12.1 Å². The number of hydrogen-bond donors (Lipinski definition) is 2. The quantitative estimate of drug-likeness (QED) is 0.838. The lowest BCUT2D eigenvalue weighted by Crippen LogP contribution is -2.34. The predicted octanol–water partition coefficient (Wildman–Crippen LogP) is 2.28. The van der Waals surface area contributed by atoms with Crippen LogP contribution in [-0.4, -0.2) is 20.4 Å². The number of nitrogens with one attached hydrogen (secondary N) is 1. The van der Waals surface area contributed by atoms with Gasteiger partial charge in [-0.25, -0.2) is 13.6 Å². The highest BCUT2D eigenvalue weighted by Crippen LogP contribution is 2.33. The number of sulfonamides is 1. The minimum Gasteiger partial charge on any atom is -0.349 e. The molecule has 1 unspecified atom stereocenters. The molecule has 20 heavy (non-hydrogen) atoms. The minimum atomic E-state index is -3.90. The molecule has 1 aromatic carbocycles. The first-order valence-corrected chi connectivity index (χ1v) is 8.74. The van der Waals surface area contributed by atoms with E-state index in [9.17, 15) is 13.2 Å². The SMILES string of the molecule is CC(NC(=O)c1cc(S(N)(=O)=O)cc(Br)c1Cl)C1CC1. The molecule has 8 heteroatoms. The van der Waals surface area contributed by atoms with E-state index < -0.39 is 15.9 Å². The Bertz CT molecular complexity index is 659. The van der Waals surface area contributed by atoms with Gasteiger partial charge in [-0.3, -0.25) is 4.79 Å². The Labute approximate surface area is 131 Å². The van der Waals surface area contributed by atoms with Crippen molar-refractivity contribution in [2.45, 2.75) is 30.7 Å². The lowest BCUT2D eigenvalue weighted by molar-refractivity contribution is 0.0935. The molecule has 0 radical (unpaired) electrons. The van der Waals surface area contributed by atoms with Crippen molar-refractivity contribution in [1.29, 1.82) is 0 Å². The van der Waals surface area contributed by atoms with Crippen molar-refractivity contribution in [2.24, 2.45) is 11.1 Å². The van der Waals surface area contributed by atoms with E-state index in [4.69, 9.17) is 16.7 Å². The van der Waals surface area contributed by atoms with Crippen molar-refractivity contribution in [3.8, 4) is 0 Å². The average molecular weight is 382 g/mol. The minimum absolute atomic E-state index is 0.0375. The summed E-state index contributed by atoms with van der Waals surface area (Å²) in [6.07, 6.45) is 2.19. The third-order valence-electron chi connectivity index (χ3n) is 3.26. The second-order valence-corrected chi connectivity index (χ2v) is 7.70. The highest BCUT2D eigenvalue weighted by molar-refractivity contribution is 9.10. The number of rotatable bonds is 4. The summed E-state index contributed by atoms with van der Waals surface area (Å²) in [5.74, 6) is 0.0863. The number of carbonyl (C=O) groups is 1. The van der Waals surface area contributed by atoms with Crippen molar-refractivity contribution < 1.29 is 13.2 Å². The number of carbonyl (C=O) groups excluding carboxylic acids is 1. The van der Waals surface area contributed by atoms with Crippen LogP contribution in [0.2, 0.25) is 5.02 Å². The van der Waals surface area contributed by atoms with E-state index in [-0.39, 0.29) is 21.5 Å². The first kappa shape index (κ1) is 15.8. The van der Waals surface area contributed by atoms with Crippen molar-refractivity contribution in [2.75, 3.05) is 0 Å². The zero-order chi connectivity index (χ0) is 15.1. The van der Waals surface area contributed by atoms with Crippen molar-refractivity contribution in [3.05, 3.63) is 27.2 Å². The van der Waals surface area contributed by atoms with Gasteiger partial charge in [0.1, 0.15) is 0 Å². The Morgan fingerprint density at radius 2 is 2.10 bits per heavy atom. The summed E-state index contributed by atoms with van der Waals surface area (Å²) in [6.45, 7) is 1.92. The highest BCUT2D eigenvalue weighted by atomic mass is 79.9. The molecule has 0 heterocycles. The first-order valence-electron chi connectivity index (χ1n) is 6.03. The van der Waals surface area contributed by atoms with E-state index in [1.54, 1.807) is 0 Å². The molecule has 1 atom stereocenters. The van der Waals surface area contributed by atoms with Gasteiger partial charge >= 0.3 is 0 Å². The second kappa shape index (κ2) is 5.63. The Balaban J connectivity index is 2.34. The van der Waals surface area contributed by atoms with Gasteiger partial charge in [0.05, 0.1) is 15.5 Å². The van der Waals surface area contributed by atoms with E-state index >= 15 is 0 Å². The van der Waals surface area contributed by atoms with Gasteiger partial charge in [-0.15, -0.1) is 0 Å². The van der Waals surface area contributed by atoms with Crippen LogP contribution in [0.4, 0.5) is 0 Å². The van der Waals surface area contributed by atoms with Crippen LogP contribution in [0.1, 0.15) is 30.1 Å². The highest BCUT2D eigenvalue weighted by Gasteiger charge is 2.30. The maximum atomic E-state index is 12.2. The zero-order valence-corrected chi connectivity index (χ0v) is 13.8. The molecule has 110 valence electrons. The van der Waals surface area contributed by atoms with Gasteiger partial charge in [0.25, 0.3) is 5.91 Å².